The van der Waals surface area contributed by atoms with E-state index >= 15 is 0 Å². The van der Waals surface area contributed by atoms with E-state index in [2.05, 4.69) is 5.10 Å². The van der Waals surface area contributed by atoms with Gasteiger partial charge in [-0.2, -0.15) is 5.10 Å². The zero-order valence-electron chi connectivity index (χ0n) is 15.2. The Kier molecular flexibility index (Phi) is 7.43. The average molecular weight is 442 g/mol. The van der Waals surface area contributed by atoms with Crippen molar-refractivity contribution in [3.63, 3.8) is 0 Å². The van der Waals surface area contributed by atoms with Crippen LogP contribution in [0.1, 0.15) is 21.5 Å². The molecule has 3 aromatic rings. The highest BCUT2D eigenvalue weighted by Crippen LogP contribution is 2.31. The number of halogens is 2. The Morgan fingerprint density at radius 1 is 1.21 bits per heavy atom. The number of nitrogens with two attached hydrogens (primary N) is 1. The molecular formula is C18H18ClFN3O5P. The summed E-state index contributed by atoms with van der Waals surface area (Å²) in [6, 6.07) is 10.8. The monoisotopic (exact) mass is 441 g/mol. The summed E-state index contributed by atoms with van der Waals surface area (Å²) < 4.78 is 24.6. The van der Waals surface area contributed by atoms with Crippen molar-refractivity contribution >= 4 is 25.2 Å². The summed E-state index contributed by atoms with van der Waals surface area (Å²) in [5.41, 5.74) is 8.21. The van der Waals surface area contributed by atoms with E-state index < -0.39 is 19.4 Å². The Morgan fingerprint density at radius 3 is 2.41 bits per heavy atom. The summed E-state index contributed by atoms with van der Waals surface area (Å²) in [6.45, 7) is 0.277. The van der Waals surface area contributed by atoms with Crippen LogP contribution in [0.15, 0.2) is 48.7 Å². The van der Waals surface area contributed by atoms with Crippen LogP contribution in [-0.2, 0) is 18.2 Å². The third-order valence-electron chi connectivity index (χ3n) is 3.83. The van der Waals surface area contributed by atoms with Crippen LogP contribution in [0.3, 0.4) is 0 Å². The number of ketones is 1. The molecule has 0 radical (unpaired) electrons. The highest BCUT2D eigenvalue weighted by atomic mass is 35.5. The lowest BCUT2D eigenvalue weighted by Gasteiger charge is -2.12. The standard InChI is InChI=1S/C18H15ClFN3O.H3O4P/c1-23-17(11(9-21)10-22-23)13-7-6-12(19)8-15(13)18(24)14-4-2-3-5-16(14)20;1-5(2,3)4/h2-8,10H,9,21H2,1H3;(H3,1,2,3,4). The second kappa shape index (κ2) is 9.41. The van der Waals surface area contributed by atoms with Gasteiger partial charge in [0.1, 0.15) is 5.82 Å². The second-order valence-corrected chi connectivity index (χ2v) is 7.32. The highest BCUT2D eigenvalue weighted by Gasteiger charge is 2.21. The predicted octanol–water partition coefficient (Wildman–Crippen LogP) is 2.64. The largest absolute Gasteiger partial charge is 0.466 e. The number of carbonyl (C=O) groups is 1. The molecule has 8 nitrogen and oxygen atoms in total. The molecule has 29 heavy (non-hydrogen) atoms. The van der Waals surface area contributed by atoms with Crippen LogP contribution in [0.2, 0.25) is 5.02 Å². The lowest BCUT2D eigenvalue weighted by Crippen LogP contribution is -2.09. The quantitative estimate of drug-likeness (QED) is 0.360. The molecular weight excluding hydrogens is 424 g/mol. The first-order chi connectivity index (χ1) is 13.5. The number of benzene rings is 2. The smallest absolute Gasteiger partial charge is 0.326 e. The first-order valence-corrected chi connectivity index (χ1v) is 10.1. The summed E-state index contributed by atoms with van der Waals surface area (Å²) in [7, 11) is -2.87. The van der Waals surface area contributed by atoms with Gasteiger partial charge in [-0.1, -0.05) is 29.8 Å². The zero-order chi connectivity index (χ0) is 21.8. The third kappa shape index (κ3) is 6.04. The van der Waals surface area contributed by atoms with Gasteiger partial charge in [0.05, 0.1) is 17.5 Å². The molecule has 5 N–H and O–H groups in total. The van der Waals surface area contributed by atoms with Crippen LogP contribution >= 0.6 is 19.4 Å². The lowest BCUT2D eigenvalue weighted by molar-refractivity contribution is 0.103. The first-order valence-electron chi connectivity index (χ1n) is 8.11. The molecule has 3 rings (SSSR count). The summed E-state index contributed by atoms with van der Waals surface area (Å²) in [6.07, 6.45) is 1.65. The van der Waals surface area contributed by atoms with Gasteiger partial charge in [0, 0.05) is 35.3 Å². The Morgan fingerprint density at radius 2 is 1.83 bits per heavy atom. The van der Waals surface area contributed by atoms with Crippen molar-refractivity contribution < 1.29 is 28.4 Å². The molecule has 1 aromatic heterocycles. The molecule has 1 heterocycles. The molecule has 0 saturated heterocycles. The molecule has 0 unspecified atom stereocenters. The summed E-state index contributed by atoms with van der Waals surface area (Å²) in [5.74, 6) is -1.01. The molecule has 0 aliphatic carbocycles. The summed E-state index contributed by atoms with van der Waals surface area (Å²) in [5, 5.41) is 4.59. The van der Waals surface area contributed by atoms with Crippen molar-refractivity contribution in [2.45, 2.75) is 6.54 Å². The number of phosphoric acid groups is 1. The fourth-order valence-corrected chi connectivity index (χ4v) is 2.85. The Hall–Kier alpha value is -2.39. The number of aryl methyl sites for hydroxylation is 1. The molecule has 0 fully saturated rings. The summed E-state index contributed by atoms with van der Waals surface area (Å²) in [4.78, 5) is 34.4. The van der Waals surface area contributed by atoms with E-state index in [9.17, 15) is 9.18 Å². The normalized spacial score (nSPS) is 11.0. The van der Waals surface area contributed by atoms with Crippen LogP contribution in [-0.4, -0.2) is 30.2 Å². The van der Waals surface area contributed by atoms with Gasteiger partial charge >= 0.3 is 7.82 Å². The van der Waals surface area contributed by atoms with Gasteiger partial charge in [0.2, 0.25) is 0 Å². The van der Waals surface area contributed by atoms with E-state index in [1.54, 1.807) is 48.3 Å². The van der Waals surface area contributed by atoms with Gasteiger partial charge in [-0.3, -0.25) is 9.48 Å². The van der Waals surface area contributed by atoms with Crippen molar-refractivity contribution in [2.75, 3.05) is 0 Å². The van der Waals surface area contributed by atoms with Gasteiger partial charge in [0.25, 0.3) is 0 Å². The van der Waals surface area contributed by atoms with Crippen LogP contribution in [0, 0.1) is 5.82 Å². The van der Waals surface area contributed by atoms with E-state index in [1.807, 2.05) is 0 Å². The maximum atomic E-state index is 14.0. The van der Waals surface area contributed by atoms with Crippen LogP contribution in [0.25, 0.3) is 11.3 Å². The Bertz CT molecular complexity index is 1070. The highest BCUT2D eigenvalue weighted by molar-refractivity contribution is 7.45. The maximum Gasteiger partial charge on any atom is 0.466 e. The van der Waals surface area contributed by atoms with Crippen molar-refractivity contribution in [1.29, 1.82) is 0 Å². The minimum absolute atomic E-state index is 0.00233. The fourth-order valence-electron chi connectivity index (χ4n) is 2.68. The van der Waals surface area contributed by atoms with Gasteiger partial charge in [-0.05, 0) is 24.3 Å². The SMILES string of the molecule is Cn1ncc(CN)c1-c1ccc(Cl)cc1C(=O)c1ccccc1F.O=P(O)(O)O. The predicted molar refractivity (Wildman–Crippen MR) is 106 cm³/mol. The molecule has 0 amide bonds. The maximum absolute atomic E-state index is 14.0. The third-order valence-corrected chi connectivity index (χ3v) is 4.07. The van der Waals surface area contributed by atoms with E-state index in [0.29, 0.717) is 21.8 Å². The van der Waals surface area contributed by atoms with Gasteiger partial charge < -0.3 is 20.4 Å². The Balaban J connectivity index is 0.000000537. The number of rotatable bonds is 4. The molecule has 0 aliphatic heterocycles. The fraction of sp³-hybridized carbons (Fsp3) is 0.111. The van der Waals surface area contributed by atoms with Gasteiger partial charge in [-0.15, -0.1) is 0 Å². The van der Waals surface area contributed by atoms with Crippen molar-refractivity contribution in [2.24, 2.45) is 12.8 Å². The van der Waals surface area contributed by atoms with E-state index in [1.165, 1.54) is 12.1 Å². The number of hydrogen-bond acceptors (Lipinski definition) is 4. The number of nitrogens with zero attached hydrogens (tertiary/aromatic N) is 2. The van der Waals surface area contributed by atoms with E-state index in [4.69, 9.17) is 36.6 Å². The molecule has 0 bridgehead atoms. The Labute approximate surface area is 170 Å². The molecule has 2 aromatic carbocycles. The van der Waals surface area contributed by atoms with Gasteiger partial charge in [-0.25, -0.2) is 8.96 Å². The minimum Gasteiger partial charge on any atom is -0.326 e. The lowest BCUT2D eigenvalue weighted by atomic mass is 9.95. The van der Waals surface area contributed by atoms with Crippen LogP contribution in [0.4, 0.5) is 4.39 Å². The zero-order valence-corrected chi connectivity index (χ0v) is 16.8. The topological polar surface area (TPSA) is 139 Å². The van der Waals surface area contributed by atoms with Crippen molar-refractivity contribution in [3.05, 3.63) is 76.2 Å². The van der Waals surface area contributed by atoms with Crippen molar-refractivity contribution in [3.8, 4) is 11.3 Å². The van der Waals surface area contributed by atoms with Gasteiger partial charge in [0.15, 0.2) is 5.78 Å². The molecule has 11 heteroatoms. The number of hydrogen-bond donors (Lipinski definition) is 4. The average Bonchev–Trinajstić information content (AvgIpc) is 3.01. The van der Waals surface area contributed by atoms with E-state index in [-0.39, 0.29) is 12.1 Å². The second-order valence-electron chi connectivity index (χ2n) is 5.86. The molecule has 0 spiro atoms. The minimum atomic E-state index is -4.64. The molecule has 0 atom stereocenters. The van der Waals surface area contributed by atoms with E-state index in [0.717, 1.165) is 5.56 Å². The molecule has 154 valence electrons. The van der Waals surface area contributed by atoms with Crippen LogP contribution < -0.4 is 5.73 Å². The number of aromatic nitrogens is 2. The number of carbonyl (C=O) groups excluding carboxylic acids is 1. The van der Waals surface area contributed by atoms with Crippen molar-refractivity contribution in [1.82, 2.24) is 9.78 Å². The molecule has 0 saturated carbocycles. The first kappa shape index (κ1) is 22.9. The summed E-state index contributed by atoms with van der Waals surface area (Å²) >= 11 is 6.07. The van der Waals surface area contributed by atoms with Crippen LogP contribution in [0.5, 0.6) is 0 Å². The molecule has 0 aliphatic rings.